The van der Waals surface area contributed by atoms with Crippen molar-refractivity contribution in [2.24, 2.45) is 0 Å². The molecule has 0 unspecified atom stereocenters. The van der Waals surface area contributed by atoms with Crippen LogP contribution in [0.1, 0.15) is 23.6 Å². The SMILES string of the molecule is [NH-][C@@H](CCO)c1cccc(C(F)(F)F)c1. The van der Waals surface area contributed by atoms with Crippen LogP contribution in [0, 0.1) is 0 Å². The summed E-state index contributed by atoms with van der Waals surface area (Å²) in [5.74, 6) is 0. The van der Waals surface area contributed by atoms with Gasteiger partial charge in [0.15, 0.2) is 0 Å². The number of nitrogens with one attached hydrogen (secondary N) is 1. The summed E-state index contributed by atoms with van der Waals surface area (Å²) >= 11 is 0. The molecule has 0 aliphatic carbocycles. The van der Waals surface area contributed by atoms with Crippen LogP contribution in [-0.2, 0) is 6.18 Å². The standard InChI is InChI=1S/C10H11F3NO/c11-10(12,13)8-3-1-2-7(6-8)9(14)4-5-15/h1-3,6,9,14-15H,4-5H2/q-1/t9-/m0/s1. The van der Waals surface area contributed by atoms with E-state index < -0.39 is 17.8 Å². The van der Waals surface area contributed by atoms with Gasteiger partial charge >= 0.3 is 6.18 Å². The maximum Gasteiger partial charge on any atom is 0.416 e. The van der Waals surface area contributed by atoms with E-state index in [1.54, 1.807) is 0 Å². The van der Waals surface area contributed by atoms with Crippen molar-refractivity contribution in [1.82, 2.24) is 0 Å². The number of benzene rings is 1. The largest absolute Gasteiger partial charge is 0.671 e. The average Bonchev–Trinajstić information content (AvgIpc) is 2.17. The minimum Gasteiger partial charge on any atom is -0.671 e. The summed E-state index contributed by atoms with van der Waals surface area (Å²) in [5, 5.41) is 8.58. The van der Waals surface area contributed by atoms with Crippen molar-refractivity contribution in [3.8, 4) is 0 Å². The lowest BCUT2D eigenvalue weighted by Gasteiger charge is -2.20. The predicted octanol–water partition coefficient (Wildman–Crippen LogP) is 3.18. The van der Waals surface area contributed by atoms with Gasteiger partial charge in [-0.3, -0.25) is 0 Å². The number of hydrogen-bond donors (Lipinski definition) is 1. The minimum absolute atomic E-state index is 0.140. The third-order valence-electron chi connectivity index (χ3n) is 2.03. The van der Waals surface area contributed by atoms with Crippen molar-refractivity contribution in [1.29, 1.82) is 0 Å². The molecule has 1 rings (SSSR count). The fourth-order valence-corrected chi connectivity index (χ4v) is 1.23. The molecule has 0 amide bonds. The molecule has 0 aliphatic rings. The van der Waals surface area contributed by atoms with Crippen LogP contribution in [0.15, 0.2) is 24.3 Å². The van der Waals surface area contributed by atoms with Crippen molar-refractivity contribution in [2.45, 2.75) is 18.6 Å². The van der Waals surface area contributed by atoms with E-state index in [-0.39, 0.29) is 18.6 Å². The van der Waals surface area contributed by atoms with Gasteiger partial charge in [0.1, 0.15) is 0 Å². The molecule has 0 aliphatic heterocycles. The summed E-state index contributed by atoms with van der Waals surface area (Å²) in [6.07, 6.45) is -4.24. The second-order valence-electron chi connectivity index (χ2n) is 3.19. The highest BCUT2D eigenvalue weighted by atomic mass is 19.4. The van der Waals surface area contributed by atoms with Gasteiger partial charge in [0, 0.05) is 6.61 Å². The Morgan fingerprint density at radius 1 is 1.33 bits per heavy atom. The van der Waals surface area contributed by atoms with E-state index in [4.69, 9.17) is 10.8 Å². The van der Waals surface area contributed by atoms with Crippen LogP contribution in [0.5, 0.6) is 0 Å². The molecule has 0 saturated heterocycles. The van der Waals surface area contributed by atoms with E-state index in [1.165, 1.54) is 12.1 Å². The van der Waals surface area contributed by atoms with E-state index in [0.717, 1.165) is 12.1 Å². The lowest BCUT2D eigenvalue weighted by atomic mass is 10.0. The Morgan fingerprint density at radius 2 is 2.00 bits per heavy atom. The van der Waals surface area contributed by atoms with Crippen LogP contribution < -0.4 is 0 Å². The second kappa shape index (κ2) is 4.63. The van der Waals surface area contributed by atoms with Crippen LogP contribution in [0.25, 0.3) is 5.73 Å². The van der Waals surface area contributed by atoms with Gasteiger partial charge in [0.25, 0.3) is 0 Å². The van der Waals surface area contributed by atoms with Gasteiger partial charge in [-0.05, 0) is 12.5 Å². The average molecular weight is 218 g/mol. The summed E-state index contributed by atoms with van der Waals surface area (Å²) in [6.45, 7) is -0.204. The normalized spacial score (nSPS) is 13.9. The number of aliphatic hydroxyl groups is 1. The van der Waals surface area contributed by atoms with E-state index in [0.29, 0.717) is 0 Å². The Hall–Kier alpha value is -1.07. The molecule has 0 bridgehead atoms. The number of hydrogen-bond acceptors (Lipinski definition) is 1. The third kappa shape index (κ3) is 3.21. The van der Waals surface area contributed by atoms with Gasteiger partial charge in [0.05, 0.1) is 5.56 Å². The number of halogens is 3. The molecule has 2 nitrogen and oxygen atoms in total. The zero-order valence-corrected chi connectivity index (χ0v) is 7.88. The third-order valence-corrected chi connectivity index (χ3v) is 2.03. The molecule has 84 valence electrons. The Labute approximate surface area is 85.5 Å². The Morgan fingerprint density at radius 3 is 2.53 bits per heavy atom. The number of aliphatic hydroxyl groups excluding tert-OH is 1. The topological polar surface area (TPSA) is 44.0 Å². The van der Waals surface area contributed by atoms with Gasteiger partial charge < -0.3 is 10.8 Å². The maximum absolute atomic E-state index is 12.3. The fourth-order valence-electron chi connectivity index (χ4n) is 1.23. The van der Waals surface area contributed by atoms with Gasteiger partial charge in [-0.25, -0.2) is 0 Å². The monoisotopic (exact) mass is 218 g/mol. The van der Waals surface area contributed by atoms with Crippen LogP contribution >= 0.6 is 0 Å². The summed E-state index contributed by atoms with van der Waals surface area (Å²) in [6, 6.07) is 3.85. The molecule has 1 atom stereocenters. The van der Waals surface area contributed by atoms with Gasteiger partial charge in [-0.1, -0.05) is 23.8 Å². The fraction of sp³-hybridized carbons (Fsp3) is 0.400. The first kappa shape index (κ1) is 12.0. The summed E-state index contributed by atoms with van der Waals surface area (Å²) in [5.41, 5.74) is 7.01. The Balaban J connectivity index is 2.92. The molecular formula is C10H11F3NO-. The second-order valence-corrected chi connectivity index (χ2v) is 3.19. The van der Waals surface area contributed by atoms with E-state index in [2.05, 4.69) is 0 Å². The number of alkyl halides is 3. The Bertz CT molecular complexity index is 325. The predicted molar refractivity (Wildman–Crippen MR) is 50.2 cm³/mol. The molecule has 5 heteroatoms. The lowest BCUT2D eigenvalue weighted by molar-refractivity contribution is -0.137. The highest BCUT2D eigenvalue weighted by Gasteiger charge is 2.30. The van der Waals surface area contributed by atoms with Crippen molar-refractivity contribution < 1.29 is 18.3 Å². The molecule has 0 heterocycles. The van der Waals surface area contributed by atoms with E-state index >= 15 is 0 Å². The van der Waals surface area contributed by atoms with Gasteiger partial charge in [0.2, 0.25) is 0 Å². The molecule has 0 spiro atoms. The van der Waals surface area contributed by atoms with Crippen LogP contribution in [0.3, 0.4) is 0 Å². The first-order chi connectivity index (χ1) is 6.95. The van der Waals surface area contributed by atoms with Crippen LogP contribution in [-0.4, -0.2) is 11.7 Å². The molecule has 0 saturated carbocycles. The molecule has 0 radical (unpaired) electrons. The molecule has 0 fully saturated rings. The van der Waals surface area contributed by atoms with Crippen molar-refractivity contribution in [2.75, 3.05) is 6.61 Å². The summed E-state index contributed by atoms with van der Waals surface area (Å²) in [4.78, 5) is 0. The smallest absolute Gasteiger partial charge is 0.416 e. The summed E-state index contributed by atoms with van der Waals surface area (Å²) in [7, 11) is 0. The van der Waals surface area contributed by atoms with Gasteiger partial charge in [-0.2, -0.15) is 13.2 Å². The quantitative estimate of drug-likeness (QED) is 0.831. The zero-order valence-electron chi connectivity index (χ0n) is 7.88. The number of rotatable bonds is 3. The van der Waals surface area contributed by atoms with Crippen molar-refractivity contribution in [3.05, 3.63) is 41.1 Å². The van der Waals surface area contributed by atoms with E-state index in [9.17, 15) is 13.2 Å². The first-order valence-corrected chi connectivity index (χ1v) is 4.44. The molecule has 1 aromatic rings. The zero-order chi connectivity index (χ0) is 11.5. The molecule has 2 N–H and O–H groups in total. The van der Waals surface area contributed by atoms with Crippen molar-refractivity contribution in [3.63, 3.8) is 0 Å². The Kier molecular flexibility index (Phi) is 3.71. The van der Waals surface area contributed by atoms with Crippen molar-refractivity contribution >= 4 is 0 Å². The highest BCUT2D eigenvalue weighted by Crippen LogP contribution is 2.31. The minimum atomic E-state index is -4.38. The molecule has 0 aromatic heterocycles. The van der Waals surface area contributed by atoms with Gasteiger partial charge in [-0.15, -0.1) is 6.04 Å². The van der Waals surface area contributed by atoms with Crippen LogP contribution in [0.4, 0.5) is 13.2 Å². The molecular weight excluding hydrogens is 207 g/mol. The van der Waals surface area contributed by atoms with E-state index in [1.807, 2.05) is 0 Å². The molecule has 1 aromatic carbocycles. The highest BCUT2D eigenvalue weighted by molar-refractivity contribution is 5.29. The lowest BCUT2D eigenvalue weighted by Crippen LogP contribution is -2.06. The maximum atomic E-state index is 12.3. The molecule has 15 heavy (non-hydrogen) atoms. The summed E-state index contributed by atoms with van der Waals surface area (Å²) < 4.78 is 36.9. The first-order valence-electron chi connectivity index (χ1n) is 4.44. The van der Waals surface area contributed by atoms with Crippen LogP contribution in [0.2, 0.25) is 0 Å².